The molecule has 0 aliphatic carbocycles. The largest absolute Gasteiger partial charge is 0.363 e. The van der Waals surface area contributed by atoms with Gasteiger partial charge in [-0.25, -0.2) is 4.98 Å². The van der Waals surface area contributed by atoms with Crippen LogP contribution in [0.3, 0.4) is 0 Å². The summed E-state index contributed by atoms with van der Waals surface area (Å²) in [5.74, 6) is 1.05. The number of H-pyrrole nitrogens is 2. The molecule has 0 radical (unpaired) electrons. The molecule has 4 heterocycles. The summed E-state index contributed by atoms with van der Waals surface area (Å²) in [5, 5.41) is 12.2. The molecule has 2 aromatic heterocycles. The highest BCUT2D eigenvalue weighted by atomic mass is 15.0. The van der Waals surface area contributed by atoms with Gasteiger partial charge < -0.3 is 20.6 Å². The fraction of sp³-hybridized carbons (Fsp3) is 0.276. The molecule has 2 unspecified atom stereocenters. The topological polar surface area (TPSA) is 68.5 Å². The van der Waals surface area contributed by atoms with Gasteiger partial charge in [0.1, 0.15) is 5.82 Å². The van der Waals surface area contributed by atoms with Crippen LogP contribution in [0.2, 0.25) is 0 Å². The fourth-order valence-corrected chi connectivity index (χ4v) is 5.65. The molecule has 0 amide bonds. The number of imidazole rings is 1. The molecule has 2 atom stereocenters. The first-order chi connectivity index (χ1) is 16.8. The molecule has 5 nitrogen and oxygen atoms in total. The monoisotopic (exact) mass is 447 g/mol. The highest BCUT2D eigenvalue weighted by Crippen LogP contribution is 2.32. The maximum absolute atomic E-state index is 4.65. The summed E-state index contributed by atoms with van der Waals surface area (Å²) in [6.45, 7) is 2.19. The second kappa shape index (κ2) is 8.12. The fourth-order valence-electron chi connectivity index (χ4n) is 5.65. The van der Waals surface area contributed by atoms with Crippen molar-refractivity contribution >= 4 is 21.5 Å². The number of nitrogens with one attached hydrogen (secondary N) is 4. The van der Waals surface area contributed by atoms with E-state index in [0.29, 0.717) is 12.1 Å². The van der Waals surface area contributed by atoms with Crippen LogP contribution in [0.5, 0.6) is 0 Å². The van der Waals surface area contributed by atoms with Gasteiger partial charge in [0.15, 0.2) is 0 Å². The van der Waals surface area contributed by atoms with Crippen molar-refractivity contribution in [3.05, 3.63) is 78.5 Å². The van der Waals surface area contributed by atoms with Crippen LogP contribution in [0.15, 0.2) is 67.0 Å². The molecular weight excluding hydrogens is 418 g/mol. The molecular formula is C29H29N5. The van der Waals surface area contributed by atoms with Crippen LogP contribution in [-0.2, 0) is 0 Å². The minimum Gasteiger partial charge on any atom is -0.363 e. The Morgan fingerprint density at radius 1 is 0.676 bits per heavy atom. The van der Waals surface area contributed by atoms with Crippen molar-refractivity contribution in [3.8, 4) is 22.4 Å². The van der Waals surface area contributed by atoms with Crippen LogP contribution in [0.1, 0.15) is 49.3 Å². The van der Waals surface area contributed by atoms with E-state index >= 15 is 0 Å². The van der Waals surface area contributed by atoms with Gasteiger partial charge >= 0.3 is 0 Å². The number of aromatic nitrogens is 3. The van der Waals surface area contributed by atoms with Crippen molar-refractivity contribution < 1.29 is 0 Å². The summed E-state index contributed by atoms with van der Waals surface area (Å²) in [6, 6.07) is 21.2. The van der Waals surface area contributed by atoms with Gasteiger partial charge in [-0.2, -0.15) is 0 Å². The van der Waals surface area contributed by atoms with Crippen LogP contribution in [0, 0.1) is 0 Å². The first-order valence-corrected chi connectivity index (χ1v) is 12.5. The number of rotatable bonds is 4. The van der Waals surface area contributed by atoms with E-state index in [1.54, 1.807) is 0 Å². The molecule has 7 rings (SSSR count). The molecule has 0 saturated carbocycles. The lowest BCUT2D eigenvalue weighted by atomic mass is 9.98. The average molecular weight is 448 g/mol. The summed E-state index contributed by atoms with van der Waals surface area (Å²) >= 11 is 0. The Labute approximate surface area is 199 Å². The molecule has 0 spiro atoms. The molecule has 170 valence electrons. The molecule has 0 bridgehead atoms. The molecule has 5 aromatic rings. The maximum Gasteiger partial charge on any atom is 0.123 e. The van der Waals surface area contributed by atoms with Crippen molar-refractivity contribution in [2.45, 2.75) is 37.8 Å². The summed E-state index contributed by atoms with van der Waals surface area (Å²) in [7, 11) is 0. The molecule has 34 heavy (non-hydrogen) atoms. The zero-order valence-corrected chi connectivity index (χ0v) is 19.2. The third kappa shape index (κ3) is 3.52. The van der Waals surface area contributed by atoms with Crippen molar-refractivity contribution in [1.29, 1.82) is 0 Å². The maximum atomic E-state index is 4.65. The second-order valence-electron chi connectivity index (χ2n) is 9.80. The van der Waals surface area contributed by atoms with Crippen LogP contribution in [-0.4, -0.2) is 28.0 Å². The first-order valence-electron chi connectivity index (χ1n) is 12.5. The van der Waals surface area contributed by atoms with Crippen molar-refractivity contribution in [2.75, 3.05) is 13.1 Å². The number of hydrogen-bond donors (Lipinski definition) is 4. The van der Waals surface area contributed by atoms with E-state index in [1.807, 2.05) is 6.20 Å². The van der Waals surface area contributed by atoms with Crippen molar-refractivity contribution in [1.82, 2.24) is 25.6 Å². The Morgan fingerprint density at radius 2 is 1.38 bits per heavy atom. The highest BCUT2D eigenvalue weighted by Gasteiger charge is 2.20. The molecule has 4 N–H and O–H groups in total. The number of hydrogen-bond acceptors (Lipinski definition) is 3. The van der Waals surface area contributed by atoms with Crippen molar-refractivity contribution in [2.24, 2.45) is 0 Å². The highest BCUT2D eigenvalue weighted by molar-refractivity contribution is 6.01. The lowest BCUT2D eigenvalue weighted by Gasteiger charge is -2.08. The Balaban J connectivity index is 1.21. The van der Waals surface area contributed by atoms with Gasteiger partial charge in [0.05, 0.1) is 17.9 Å². The Bertz CT molecular complexity index is 1370. The zero-order valence-electron chi connectivity index (χ0n) is 19.2. The van der Waals surface area contributed by atoms with Crippen LogP contribution < -0.4 is 10.6 Å². The van der Waals surface area contributed by atoms with Gasteiger partial charge in [-0.05, 0) is 102 Å². The lowest BCUT2D eigenvalue weighted by Crippen LogP contribution is -2.14. The molecule has 5 heteroatoms. The van der Waals surface area contributed by atoms with Crippen molar-refractivity contribution in [3.63, 3.8) is 0 Å². The van der Waals surface area contributed by atoms with E-state index in [9.17, 15) is 0 Å². The molecule has 2 saturated heterocycles. The molecule has 2 fully saturated rings. The van der Waals surface area contributed by atoms with Crippen LogP contribution in [0.25, 0.3) is 43.9 Å². The third-order valence-corrected chi connectivity index (χ3v) is 7.57. The van der Waals surface area contributed by atoms with E-state index in [-0.39, 0.29) is 0 Å². The normalized spacial score (nSPS) is 20.6. The SMILES string of the molecule is c1cc2cc3cc(-c4cnc(C5CCCN5)[nH]4)ccc3cc2cc1-c1c[nH]c(C2CCCN2)c1. The van der Waals surface area contributed by atoms with E-state index < -0.39 is 0 Å². The zero-order chi connectivity index (χ0) is 22.5. The quantitative estimate of drug-likeness (QED) is 0.247. The van der Waals surface area contributed by atoms with Gasteiger partial charge in [0.2, 0.25) is 0 Å². The number of aromatic amines is 2. The Hall–Kier alpha value is -3.41. The predicted octanol–water partition coefficient (Wildman–Crippen LogP) is 6.23. The van der Waals surface area contributed by atoms with Gasteiger partial charge in [0.25, 0.3) is 0 Å². The van der Waals surface area contributed by atoms with E-state index in [2.05, 4.69) is 86.4 Å². The minimum atomic E-state index is 0.359. The summed E-state index contributed by atoms with van der Waals surface area (Å²) < 4.78 is 0. The smallest absolute Gasteiger partial charge is 0.123 e. The standard InChI is InChI=1S/C29H29N5/c1-3-25(30-9-1)27-15-24(16-32-27)20-6-5-18-12-23-14-21(8-7-19(23)11-22(18)13-20)28-17-33-29(34-28)26-4-2-10-31-26/h5-8,11-17,25-26,30-32H,1-4,9-10H2,(H,33,34). The number of fused-ring (bicyclic) bond motifs is 2. The van der Waals surface area contributed by atoms with Gasteiger partial charge in [-0.15, -0.1) is 0 Å². The van der Waals surface area contributed by atoms with Crippen LogP contribution in [0.4, 0.5) is 0 Å². The third-order valence-electron chi connectivity index (χ3n) is 7.57. The summed E-state index contributed by atoms with van der Waals surface area (Å²) in [5.41, 5.74) is 6.08. The van der Waals surface area contributed by atoms with E-state index in [0.717, 1.165) is 31.0 Å². The number of benzene rings is 3. The molecule has 2 aliphatic heterocycles. The summed E-state index contributed by atoms with van der Waals surface area (Å²) in [6.07, 6.45) is 8.94. The molecule has 3 aromatic carbocycles. The number of nitrogens with zero attached hydrogens (tertiary/aromatic N) is 1. The predicted molar refractivity (Wildman–Crippen MR) is 139 cm³/mol. The summed E-state index contributed by atoms with van der Waals surface area (Å²) in [4.78, 5) is 11.7. The first kappa shape index (κ1) is 20.0. The molecule has 2 aliphatic rings. The van der Waals surface area contributed by atoms with E-state index in [4.69, 9.17) is 0 Å². The minimum absolute atomic E-state index is 0.359. The average Bonchev–Trinajstić information content (AvgIpc) is 3.68. The van der Waals surface area contributed by atoms with E-state index in [1.165, 1.54) is 63.2 Å². The Kier molecular flexibility index (Phi) is 4.78. The van der Waals surface area contributed by atoms with Gasteiger partial charge in [-0.3, -0.25) is 0 Å². The lowest BCUT2D eigenvalue weighted by molar-refractivity contribution is 0.613. The second-order valence-corrected chi connectivity index (χ2v) is 9.80. The van der Waals surface area contributed by atoms with Gasteiger partial charge in [-0.1, -0.05) is 24.3 Å². The van der Waals surface area contributed by atoms with Gasteiger partial charge in [0, 0.05) is 23.5 Å². The van der Waals surface area contributed by atoms with Crippen LogP contribution >= 0.6 is 0 Å². The Morgan fingerprint density at radius 3 is 2.12 bits per heavy atom.